The lowest BCUT2D eigenvalue weighted by atomic mass is 9.91. The van der Waals surface area contributed by atoms with Crippen LogP contribution in [0, 0.1) is 6.92 Å². The third-order valence-electron chi connectivity index (χ3n) is 6.92. The zero-order chi connectivity index (χ0) is 24.3. The highest BCUT2D eigenvalue weighted by molar-refractivity contribution is 6.12. The first kappa shape index (κ1) is 24.0. The van der Waals surface area contributed by atoms with Crippen molar-refractivity contribution in [3.63, 3.8) is 0 Å². The van der Waals surface area contributed by atoms with Crippen LogP contribution >= 0.6 is 0 Å². The number of esters is 1. The van der Waals surface area contributed by atoms with Crippen molar-refractivity contribution < 1.29 is 19.1 Å². The first-order valence-electron chi connectivity index (χ1n) is 12.3. The normalized spacial score (nSPS) is 21.4. The standard InChI is InChI=1S/C26H34N4O4/c1-4-34-24(32)20-16-22-23(31)30(21-15-11-10-12-18(21)2)26(3,17-29(22)28-20)25(33)27-19-13-8-6-5-7-9-14-19/h10-12,15-16,19H,4-9,13-14,17H2,1-3H3,(H,27,33). The SMILES string of the molecule is CCOC(=O)c1cc2n(n1)CC(C)(C(=O)NC1CCCCCCC1)N(c1ccccc1C)C2=O. The lowest BCUT2D eigenvalue weighted by Crippen LogP contribution is -2.65. The maximum Gasteiger partial charge on any atom is 0.358 e. The molecular weight excluding hydrogens is 432 g/mol. The summed E-state index contributed by atoms with van der Waals surface area (Å²) in [5.74, 6) is -1.15. The van der Waals surface area contributed by atoms with Gasteiger partial charge in [-0.1, -0.05) is 50.3 Å². The second-order valence-corrected chi connectivity index (χ2v) is 9.51. The van der Waals surface area contributed by atoms with Gasteiger partial charge in [-0.25, -0.2) is 4.79 Å². The molecule has 0 bridgehead atoms. The third-order valence-corrected chi connectivity index (χ3v) is 6.92. The summed E-state index contributed by atoms with van der Waals surface area (Å²) in [5, 5.41) is 7.59. The smallest absolute Gasteiger partial charge is 0.358 e. The number of ether oxygens (including phenoxy) is 1. The molecule has 4 rings (SSSR count). The molecule has 0 spiro atoms. The van der Waals surface area contributed by atoms with Gasteiger partial charge in [-0.05, 0) is 45.2 Å². The predicted octanol–water partition coefficient (Wildman–Crippen LogP) is 4.02. The molecule has 1 fully saturated rings. The van der Waals surface area contributed by atoms with Crippen molar-refractivity contribution in [2.45, 2.75) is 83.8 Å². The number of para-hydroxylation sites is 1. The van der Waals surface area contributed by atoms with Gasteiger partial charge in [0.05, 0.1) is 13.2 Å². The maximum atomic E-state index is 13.8. The summed E-state index contributed by atoms with van der Waals surface area (Å²) >= 11 is 0. The molecule has 2 amide bonds. The summed E-state index contributed by atoms with van der Waals surface area (Å²) in [6, 6.07) is 9.09. The van der Waals surface area contributed by atoms with Gasteiger partial charge in [-0.2, -0.15) is 5.10 Å². The molecule has 1 N–H and O–H groups in total. The molecule has 8 heteroatoms. The lowest BCUT2D eigenvalue weighted by Gasteiger charge is -2.44. The summed E-state index contributed by atoms with van der Waals surface area (Å²) in [5.41, 5.74) is 0.686. The third kappa shape index (κ3) is 4.58. The van der Waals surface area contributed by atoms with Gasteiger partial charge in [0.15, 0.2) is 5.69 Å². The molecule has 8 nitrogen and oxygen atoms in total. The van der Waals surface area contributed by atoms with E-state index < -0.39 is 11.5 Å². The van der Waals surface area contributed by atoms with Crippen molar-refractivity contribution in [3.05, 3.63) is 47.3 Å². The summed E-state index contributed by atoms with van der Waals surface area (Å²) in [7, 11) is 0. The number of aryl methyl sites for hydroxylation is 1. The van der Waals surface area contributed by atoms with Crippen LogP contribution in [0.25, 0.3) is 0 Å². The average molecular weight is 467 g/mol. The Morgan fingerprint density at radius 1 is 1.15 bits per heavy atom. The minimum absolute atomic E-state index is 0.0691. The Bertz CT molecular complexity index is 1070. The number of hydrogen-bond acceptors (Lipinski definition) is 5. The monoisotopic (exact) mass is 466 g/mol. The molecule has 1 aliphatic carbocycles. The maximum absolute atomic E-state index is 13.8. The summed E-state index contributed by atoms with van der Waals surface area (Å²) in [4.78, 5) is 41.5. The van der Waals surface area contributed by atoms with Crippen molar-refractivity contribution in [1.29, 1.82) is 0 Å². The molecule has 1 aromatic heterocycles. The van der Waals surface area contributed by atoms with E-state index in [4.69, 9.17) is 4.74 Å². The van der Waals surface area contributed by atoms with Gasteiger partial charge in [0.1, 0.15) is 11.2 Å². The second kappa shape index (κ2) is 9.99. The molecule has 0 saturated heterocycles. The van der Waals surface area contributed by atoms with Gasteiger partial charge in [0, 0.05) is 17.8 Å². The second-order valence-electron chi connectivity index (χ2n) is 9.51. The molecular formula is C26H34N4O4. The zero-order valence-corrected chi connectivity index (χ0v) is 20.3. The van der Waals surface area contributed by atoms with Crippen molar-refractivity contribution in [1.82, 2.24) is 15.1 Å². The Kier molecular flexibility index (Phi) is 7.05. The number of aromatic nitrogens is 2. The molecule has 2 aliphatic rings. The van der Waals surface area contributed by atoms with E-state index in [1.807, 2.05) is 31.2 Å². The zero-order valence-electron chi connectivity index (χ0n) is 20.3. The van der Waals surface area contributed by atoms with Crippen LogP contribution in [-0.2, 0) is 16.1 Å². The Morgan fingerprint density at radius 3 is 2.50 bits per heavy atom. The van der Waals surface area contributed by atoms with Crippen LogP contribution in [0.3, 0.4) is 0 Å². The Morgan fingerprint density at radius 2 is 1.82 bits per heavy atom. The molecule has 34 heavy (non-hydrogen) atoms. The number of carbonyl (C=O) groups excluding carboxylic acids is 3. The van der Waals surface area contributed by atoms with Crippen LogP contribution in [0.4, 0.5) is 5.69 Å². The van der Waals surface area contributed by atoms with E-state index in [0.717, 1.165) is 31.2 Å². The van der Waals surface area contributed by atoms with Crippen LogP contribution in [0.5, 0.6) is 0 Å². The molecule has 2 aromatic rings. The van der Waals surface area contributed by atoms with Crippen LogP contribution in [0.1, 0.15) is 85.3 Å². The number of rotatable bonds is 5. The highest BCUT2D eigenvalue weighted by Crippen LogP contribution is 2.35. The Hall–Kier alpha value is -3.16. The van der Waals surface area contributed by atoms with E-state index in [-0.39, 0.29) is 42.4 Å². The van der Waals surface area contributed by atoms with Gasteiger partial charge >= 0.3 is 5.97 Å². The minimum Gasteiger partial charge on any atom is -0.461 e. The van der Waals surface area contributed by atoms with Gasteiger partial charge in [0.2, 0.25) is 5.91 Å². The topological polar surface area (TPSA) is 93.5 Å². The van der Waals surface area contributed by atoms with E-state index in [1.54, 1.807) is 18.7 Å². The number of nitrogens with zero attached hydrogens (tertiary/aromatic N) is 3. The number of carbonyl (C=O) groups is 3. The van der Waals surface area contributed by atoms with Crippen LogP contribution < -0.4 is 10.2 Å². The quantitative estimate of drug-likeness (QED) is 0.672. The summed E-state index contributed by atoms with van der Waals surface area (Å²) < 4.78 is 6.55. The van der Waals surface area contributed by atoms with E-state index in [2.05, 4.69) is 10.4 Å². The highest BCUT2D eigenvalue weighted by atomic mass is 16.5. The molecule has 0 radical (unpaired) electrons. The molecule has 1 aliphatic heterocycles. The Balaban J connectivity index is 1.72. The van der Waals surface area contributed by atoms with Crippen LogP contribution in [-0.4, -0.2) is 45.8 Å². The van der Waals surface area contributed by atoms with Gasteiger partial charge < -0.3 is 10.1 Å². The van der Waals surface area contributed by atoms with Crippen molar-refractivity contribution in [2.75, 3.05) is 11.5 Å². The number of amides is 2. The van der Waals surface area contributed by atoms with Crippen LogP contribution in [0.2, 0.25) is 0 Å². The first-order valence-corrected chi connectivity index (χ1v) is 12.3. The molecule has 1 unspecified atom stereocenters. The van der Waals surface area contributed by atoms with E-state index in [0.29, 0.717) is 5.69 Å². The molecule has 1 aromatic carbocycles. The van der Waals surface area contributed by atoms with Gasteiger partial charge in [0.25, 0.3) is 5.91 Å². The Labute approximate surface area is 200 Å². The van der Waals surface area contributed by atoms with E-state index >= 15 is 0 Å². The number of hydrogen-bond donors (Lipinski definition) is 1. The van der Waals surface area contributed by atoms with Crippen molar-refractivity contribution in [2.24, 2.45) is 0 Å². The molecule has 2 heterocycles. The fourth-order valence-corrected chi connectivity index (χ4v) is 5.02. The van der Waals surface area contributed by atoms with Crippen LogP contribution in [0.15, 0.2) is 30.3 Å². The first-order chi connectivity index (χ1) is 16.3. The molecule has 182 valence electrons. The minimum atomic E-state index is -1.21. The number of anilines is 1. The largest absolute Gasteiger partial charge is 0.461 e. The van der Waals surface area contributed by atoms with E-state index in [9.17, 15) is 14.4 Å². The molecule has 1 atom stereocenters. The van der Waals surface area contributed by atoms with Gasteiger partial charge in [-0.3, -0.25) is 19.2 Å². The van der Waals surface area contributed by atoms with Crippen molar-refractivity contribution >= 4 is 23.5 Å². The predicted molar refractivity (Wildman–Crippen MR) is 129 cm³/mol. The molecule has 1 saturated carbocycles. The summed E-state index contributed by atoms with van der Waals surface area (Å²) in [6.07, 6.45) is 7.69. The number of fused-ring (bicyclic) bond motifs is 1. The number of benzene rings is 1. The fraction of sp³-hybridized carbons (Fsp3) is 0.538. The summed E-state index contributed by atoms with van der Waals surface area (Å²) in [6.45, 7) is 5.78. The average Bonchev–Trinajstić information content (AvgIpc) is 3.21. The lowest BCUT2D eigenvalue weighted by molar-refractivity contribution is -0.127. The number of nitrogens with one attached hydrogen (secondary N) is 1. The fourth-order valence-electron chi connectivity index (χ4n) is 5.02. The van der Waals surface area contributed by atoms with E-state index in [1.165, 1.54) is 30.0 Å². The van der Waals surface area contributed by atoms with Crippen molar-refractivity contribution in [3.8, 4) is 0 Å². The highest BCUT2D eigenvalue weighted by Gasteiger charge is 2.49. The van der Waals surface area contributed by atoms with Gasteiger partial charge in [-0.15, -0.1) is 0 Å².